The fourth-order valence-electron chi connectivity index (χ4n) is 1.57. The van der Waals surface area contributed by atoms with E-state index < -0.39 is 12.3 Å². The summed E-state index contributed by atoms with van der Waals surface area (Å²) in [5.41, 5.74) is 6.39. The van der Waals surface area contributed by atoms with Crippen LogP contribution < -0.4 is 10.5 Å². The summed E-state index contributed by atoms with van der Waals surface area (Å²) in [6.07, 6.45) is -3.33. The molecule has 0 aliphatic carbocycles. The Morgan fingerprint density at radius 1 is 1.15 bits per heavy atom. The third kappa shape index (κ3) is 3.47. The molecule has 0 saturated heterocycles. The first kappa shape index (κ1) is 13.9. The van der Waals surface area contributed by atoms with Crippen molar-refractivity contribution >= 4 is 5.91 Å². The molecule has 20 heavy (non-hydrogen) atoms. The average molecular weight is 282 g/mol. The van der Waals surface area contributed by atoms with Gasteiger partial charge in [-0.25, -0.2) is 0 Å². The number of rotatable bonds is 3. The Morgan fingerprint density at radius 2 is 1.80 bits per heavy atom. The molecule has 2 rings (SSSR count). The zero-order valence-corrected chi connectivity index (χ0v) is 10.0. The van der Waals surface area contributed by atoms with Crippen molar-refractivity contribution in [1.29, 1.82) is 0 Å². The molecule has 1 amide bonds. The molecule has 0 fully saturated rings. The minimum Gasteiger partial charge on any atom is -0.406 e. The van der Waals surface area contributed by atoms with Crippen LogP contribution >= 0.6 is 0 Å². The van der Waals surface area contributed by atoms with Crippen LogP contribution in [0.15, 0.2) is 42.6 Å². The summed E-state index contributed by atoms with van der Waals surface area (Å²) in [5, 5.41) is 0. The largest absolute Gasteiger partial charge is 0.573 e. The zero-order valence-electron chi connectivity index (χ0n) is 10.0. The van der Waals surface area contributed by atoms with Gasteiger partial charge in [0.05, 0.1) is 5.69 Å². The number of benzene rings is 1. The Morgan fingerprint density at radius 3 is 2.35 bits per heavy atom. The summed E-state index contributed by atoms with van der Waals surface area (Å²) < 4.78 is 39.8. The molecule has 0 bridgehead atoms. The number of ether oxygens (including phenoxy) is 1. The summed E-state index contributed by atoms with van der Waals surface area (Å²) in [6, 6.07) is 8.07. The molecule has 7 heteroatoms. The number of amides is 1. The Kier molecular flexibility index (Phi) is 3.60. The third-order valence-corrected chi connectivity index (χ3v) is 2.43. The van der Waals surface area contributed by atoms with E-state index in [1.165, 1.54) is 42.6 Å². The van der Waals surface area contributed by atoms with E-state index in [0.29, 0.717) is 11.3 Å². The molecule has 1 aromatic heterocycles. The quantitative estimate of drug-likeness (QED) is 0.941. The second-order valence-electron chi connectivity index (χ2n) is 3.87. The number of hydrogen-bond donors (Lipinski definition) is 1. The second kappa shape index (κ2) is 5.20. The molecule has 0 aliphatic heterocycles. The van der Waals surface area contributed by atoms with E-state index in [0.717, 1.165) is 0 Å². The fourth-order valence-corrected chi connectivity index (χ4v) is 1.57. The van der Waals surface area contributed by atoms with Crippen LogP contribution in [-0.2, 0) is 0 Å². The molecule has 104 valence electrons. The number of pyridine rings is 1. The summed E-state index contributed by atoms with van der Waals surface area (Å²) in [6.45, 7) is 0. The molecular formula is C13H9F3N2O2. The number of primary amides is 1. The van der Waals surface area contributed by atoms with Crippen LogP contribution in [0.25, 0.3) is 11.3 Å². The molecule has 2 N–H and O–H groups in total. The maximum Gasteiger partial charge on any atom is 0.573 e. The summed E-state index contributed by atoms with van der Waals surface area (Å²) >= 11 is 0. The zero-order chi connectivity index (χ0) is 14.8. The van der Waals surface area contributed by atoms with E-state index in [1.54, 1.807) is 0 Å². The standard InChI is InChI=1S/C13H9F3N2O2/c14-13(15,16)20-10-3-1-8(2-4-10)11-7-9(12(17)19)5-6-18-11/h1-7H,(H2,17,19). The molecule has 0 radical (unpaired) electrons. The number of aromatic nitrogens is 1. The van der Waals surface area contributed by atoms with E-state index in [1.807, 2.05) is 0 Å². The van der Waals surface area contributed by atoms with Crippen molar-refractivity contribution < 1.29 is 22.7 Å². The number of hydrogen-bond acceptors (Lipinski definition) is 3. The number of carbonyl (C=O) groups is 1. The Bertz CT molecular complexity index is 624. The van der Waals surface area contributed by atoms with Crippen LogP contribution in [0.1, 0.15) is 10.4 Å². The van der Waals surface area contributed by atoms with Gasteiger partial charge in [0, 0.05) is 17.3 Å². The first-order valence-electron chi connectivity index (χ1n) is 5.47. The first-order chi connectivity index (χ1) is 9.35. The van der Waals surface area contributed by atoms with Crippen LogP contribution in [0.4, 0.5) is 13.2 Å². The number of nitrogens with two attached hydrogens (primary N) is 1. The van der Waals surface area contributed by atoms with Crippen molar-refractivity contribution in [3.8, 4) is 17.0 Å². The van der Waals surface area contributed by atoms with Crippen LogP contribution in [0.5, 0.6) is 5.75 Å². The molecule has 0 spiro atoms. The molecular weight excluding hydrogens is 273 g/mol. The van der Waals surface area contributed by atoms with Crippen molar-refractivity contribution in [1.82, 2.24) is 4.98 Å². The van der Waals surface area contributed by atoms with E-state index in [2.05, 4.69) is 9.72 Å². The van der Waals surface area contributed by atoms with E-state index >= 15 is 0 Å². The van der Waals surface area contributed by atoms with Gasteiger partial charge in [-0.15, -0.1) is 13.2 Å². The highest BCUT2D eigenvalue weighted by atomic mass is 19.4. The lowest BCUT2D eigenvalue weighted by molar-refractivity contribution is -0.274. The molecule has 2 aromatic rings. The van der Waals surface area contributed by atoms with Gasteiger partial charge in [0.2, 0.25) is 5.91 Å². The van der Waals surface area contributed by atoms with Crippen molar-refractivity contribution in [2.45, 2.75) is 6.36 Å². The predicted molar refractivity (Wildman–Crippen MR) is 64.9 cm³/mol. The lowest BCUT2D eigenvalue weighted by atomic mass is 10.1. The van der Waals surface area contributed by atoms with E-state index in [9.17, 15) is 18.0 Å². The van der Waals surface area contributed by atoms with E-state index in [-0.39, 0.29) is 11.3 Å². The highest BCUT2D eigenvalue weighted by Crippen LogP contribution is 2.25. The highest BCUT2D eigenvalue weighted by molar-refractivity contribution is 5.93. The van der Waals surface area contributed by atoms with Gasteiger partial charge in [0.25, 0.3) is 0 Å². The molecule has 1 heterocycles. The molecule has 4 nitrogen and oxygen atoms in total. The maximum absolute atomic E-state index is 12.0. The smallest absolute Gasteiger partial charge is 0.406 e. The normalized spacial score (nSPS) is 11.2. The highest BCUT2D eigenvalue weighted by Gasteiger charge is 2.30. The molecule has 0 atom stereocenters. The van der Waals surface area contributed by atoms with Gasteiger partial charge in [-0.2, -0.15) is 0 Å². The summed E-state index contributed by atoms with van der Waals surface area (Å²) in [5.74, 6) is -0.932. The SMILES string of the molecule is NC(=O)c1ccnc(-c2ccc(OC(F)(F)F)cc2)c1. The van der Waals surface area contributed by atoms with E-state index in [4.69, 9.17) is 5.73 Å². The summed E-state index contributed by atoms with van der Waals surface area (Å²) in [4.78, 5) is 15.1. The number of nitrogens with zero attached hydrogens (tertiary/aromatic N) is 1. The van der Waals surface area contributed by atoms with Gasteiger partial charge in [-0.1, -0.05) is 0 Å². The topological polar surface area (TPSA) is 65.2 Å². The van der Waals surface area contributed by atoms with Gasteiger partial charge >= 0.3 is 6.36 Å². The third-order valence-electron chi connectivity index (χ3n) is 2.43. The van der Waals surface area contributed by atoms with Crippen LogP contribution in [0, 0.1) is 0 Å². The average Bonchev–Trinajstić information content (AvgIpc) is 2.38. The van der Waals surface area contributed by atoms with Gasteiger partial charge in [-0.05, 0) is 36.4 Å². The fraction of sp³-hybridized carbons (Fsp3) is 0.0769. The summed E-state index contributed by atoms with van der Waals surface area (Å²) in [7, 11) is 0. The molecule has 0 saturated carbocycles. The van der Waals surface area contributed by atoms with Crippen LogP contribution in [-0.4, -0.2) is 17.3 Å². The number of halogens is 3. The van der Waals surface area contributed by atoms with Crippen LogP contribution in [0.3, 0.4) is 0 Å². The van der Waals surface area contributed by atoms with Crippen LogP contribution in [0.2, 0.25) is 0 Å². The van der Waals surface area contributed by atoms with Crippen molar-refractivity contribution in [3.05, 3.63) is 48.2 Å². The minimum absolute atomic E-state index is 0.269. The lowest BCUT2D eigenvalue weighted by Gasteiger charge is -2.09. The van der Waals surface area contributed by atoms with Gasteiger partial charge in [0.15, 0.2) is 0 Å². The lowest BCUT2D eigenvalue weighted by Crippen LogP contribution is -2.16. The molecule has 0 aliphatic rings. The minimum atomic E-state index is -4.73. The van der Waals surface area contributed by atoms with Gasteiger partial charge in [0.1, 0.15) is 5.75 Å². The maximum atomic E-state index is 12.0. The van der Waals surface area contributed by atoms with Crippen molar-refractivity contribution in [2.75, 3.05) is 0 Å². The molecule has 1 aromatic carbocycles. The van der Waals surface area contributed by atoms with Crippen molar-refractivity contribution in [2.24, 2.45) is 5.73 Å². The van der Waals surface area contributed by atoms with Crippen molar-refractivity contribution in [3.63, 3.8) is 0 Å². The Balaban J connectivity index is 2.26. The number of carbonyl (C=O) groups excluding carboxylic acids is 1. The van der Waals surface area contributed by atoms with Gasteiger partial charge in [-0.3, -0.25) is 9.78 Å². The first-order valence-corrected chi connectivity index (χ1v) is 5.47. The Hall–Kier alpha value is -2.57. The number of alkyl halides is 3. The monoisotopic (exact) mass is 282 g/mol. The molecule has 0 unspecified atom stereocenters. The van der Waals surface area contributed by atoms with Gasteiger partial charge < -0.3 is 10.5 Å². The second-order valence-corrected chi connectivity index (χ2v) is 3.87. The Labute approximate surface area is 112 Å². The predicted octanol–water partition coefficient (Wildman–Crippen LogP) is 2.75.